The monoisotopic (exact) mass is 309 g/mol. The fourth-order valence-electron chi connectivity index (χ4n) is 2.58. The number of carbonyl (C=O) groups is 1. The number of ether oxygens (including phenoxy) is 1. The van der Waals surface area contributed by atoms with Crippen molar-refractivity contribution in [2.45, 2.75) is 51.7 Å². The number of nitrogens with one attached hydrogen (secondary N) is 1. The fourth-order valence-corrected chi connectivity index (χ4v) is 2.58. The predicted octanol–water partition coefficient (Wildman–Crippen LogP) is 1.35. The van der Waals surface area contributed by atoms with Gasteiger partial charge < -0.3 is 15.0 Å². The van der Waals surface area contributed by atoms with Gasteiger partial charge in [-0.1, -0.05) is 0 Å². The molecule has 0 spiro atoms. The zero-order chi connectivity index (χ0) is 16.2. The molecular weight excluding hydrogens is 282 g/mol. The molecule has 124 valence electrons. The first-order chi connectivity index (χ1) is 10.3. The van der Waals surface area contributed by atoms with Crippen LogP contribution in [0.1, 0.15) is 39.4 Å². The summed E-state index contributed by atoms with van der Waals surface area (Å²) < 4.78 is 7.17. The lowest BCUT2D eigenvalue weighted by Crippen LogP contribution is -2.44. The highest BCUT2D eigenvalue weighted by Crippen LogP contribution is 2.20. The van der Waals surface area contributed by atoms with Gasteiger partial charge in [0.1, 0.15) is 11.9 Å². The van der Waals surface area contributed by atoms with Crippen LogP contribution >= 0.6 is 0 Å². The molecule has 0 aromatic carbocycles. The summed E-state index contributed by atoms with van der Waals surface area (Å²) in [6.45, 7) is 8.06. The largest absolute Gasteiger partial charge is 0.444 e. The number of amides is 1. The van der Waals surface area contributed by atoms with Gasteiger partial charge in [-0.2, -0.15) is 5.10 Å². The van der Waals surface area contributed by atoms with E-state index < -0.39 is 5.60 Å². The highest BCUT2D eigenvalue weighted by molar-refractivity contribution is 5.69. The Balaban J connectivity index is 1.73. The van der Waals surface area contributed by atoms with Crippen LogP contribution in [0.5, 0.6) is 0 Å². The molecule has 2 rings (SSSR count). The molecule has 0 radical (unpaired) electrons. The first-order valence-electron chi connectivity index (χ1n) is 7.90. The van der Waals surface area contributed by atoms with E-state index in [-0.39, 0.29) is 12.1 Å². The second-order valence-electron chi connectivity index (χ2n) is 6.76. The first kappa shape index (κ1) is 16.7. The van der Waals surface area contributed by atoms with Crippen molar-refractivity contribution in [2.75, 3.05) is 19.6 Å². The minimum atomic E-state index is -0.442. The van der Waals surface area contributed by atoms with Gasteiger partial charge in [-0.05, 0) is 33.6 Å². The summed E-state index contributed by atoms with van der Waals surface area (Å²) in [6.07, 6.45) is 4.35. The Morgan fingerprint density at radius 1 is 1.50 bits per heavy atom. The Hall–Kier alpha value is -1.63. The quantitative estimate of drug-likeness (QED) is 0.831. The number of aryl methyl sites for hydroxylation is 1. The molecule has 7 heteroatoms. The van der Waals surface area contributed by atoms with Gasteiger partial charge in [0, 0.05) is 39.1 Å². The Morgan fingerprint density at radius 3 is 2.91 bits per heavy atom. The van der Waals surface area contributed by atoms with Crippen LogP contribution < -0.4 is 5.32 Å². The second kappa shape index (κ2) is 7.09. The number of hydrogen-bond donors (Lipinski definition) is 1. The predicted molar refractivity (Wildman–Crippen MR) is 83.5 cm³/mol. The fraction of sp³-hybridized carbons (Fsp3) is 0.800. The van der Waals surface area contributed by atoms with Crippen molar-refractivity contribution in [1.82, 2.24) is 25.0 Å². The zero-order valence-corrected chi connectivity index (χ0v) is 14.0. The summed E-state index contributed by atoms with van der Waals surface area (Å²) in [6, 6.07) is 0.214. The number of likely N-dealkylation sites (tertiary alicyclic amines) is 1. The number of rotatable bonds is 5. The van der Waals surface area contributed by atoms with Gasteiger partial charge in [0.2, 0.25) is 0 Å². The van der Waals surface area contributed by atoms with Crippen molar-refractivity contribution in [3.05, 3.63) is 12.2 Å². The molecule has 1 aliphatic rings. The maximum Gasteiger partial charge on any atom is 0.410 e. The highest BCUT2D eigenvalue weighted by atomic mass is 16.6. The molecule has 0 bridgehead atoms. The lowest BCUT2D eigenvalue weighted by Gasteiger charge is -2.28. The number of carbonyl (C=O) groups excluding carboxylic acids is 1. The van der Waals surface area contributed by atoms with Crippen molar-refractivity contribution in [3.63, 3.8) is 0 Å². The molecule has 2 heterocycles. The van der Waals surface area contributed by atoms with E-state index in [2.05, 4.69) is 15.4 Å². The van der Waals surface area contributed by atoms with Gasteiger partial charge >= 0.3 is 6.09 Å². The van der Waals surface area contributed by atoms with Gasteiger partial charge in [-0.3, -0.25) is 4.68 Å². The second-order valence-corrected chi connectivity index (χ2v) is 6.76. The minimum absolute atomic E-state index is 0.205. The summed E-state index contributed by atoms with van der Waals surface area (Å²) in [5.41, 5.74) is -0.442. The smallest absolute Gasteiger partial charge is 0.410 e. The Bertz CT molecular complexity index is 494. The molecule has 1 amide bonds. The van der Waals surface area contributed by atoms with E-state index in [0.29, 0.717) is 0 Å². The van der Waals surface area contributed by atoms with Crippen LogP contribution in [-0.4, -0.2) is 57.0 Å². The third kappa shape index (κ3) is 4.98. The van der Waals surface area contributed by atoms with Gasteiger partial charge in [0.05, 0.1) is 0 Å². The highest BCUT2D eigenvalue weighted by Gasteiger charge is 2.31. The molecule has 1 fully saturated rings. The van der Waals surface area contributed by atoms with Crippen LogP contribution in [0.3, 0.4) is 0 Å². The van der Waals surface area contributed by atoms with Crippen molar-refractivity contribution < 1.29 is 9.53 Å². The molecule has 1 saturated heterocycles. The number of nitrogens with zero attached hydrogens (tertiary/aromatic N) is 4. The van der Waals surface area contributed by atoms with Gasteiger partial charge in [-0.25, -0.2) is 9.78 Å². The molecule has 0 saturated carbocycles. The maximum absolute atomic E-state index is 12.2. The molecule has 1 aromatic rings. The molecule has 1 aromatic heterocycles. The zero-order valence-electron chi connectivity index (χ0n) is 14.0. The van der Waals surface area contributed by atoms with E-state index in [1.54, 1.807) is 11.0 Å². The van der Waals surface area contributed by atoms with Crippen LogP contribution in [0.15, 0.2) is 6.33 Å². The van der Waals surface area contributed by atoms with Crippen LogP contribution in [0.2, 0.25) is 0 Å². The summed E-state index contributed by atoms with van der Waals surface area (Å²) in [7, 11) is 1.86. The Kier molecular flexibility index (Phi) is 5.39. The van der Waals surface area contributed by atoms with E-state index >= 15 is 0 Å². The van der Waals surface area contributed by atoms with Gasteiger partial charge in [0.15, 0.2) is 5.82 Å². The van der Waals surface area contributed by atoms with Gasteiger partial charge in [-0.15, -0.1) is 0 Å². The van der Waals surface area contributed by atoms with Crippen LogP contribution in [-0.2, 0) is 18.2 Å². The summed E-state index contributed by atoms with van der Waals surface area (Å²) >= 11 is 0. The molecule has 7 nitrogen and oxygen atoms in total. The number of hydrogen-bond acceptors (Lipinski definition) is 5. The summed E-state index contributed by atoms with van der Waals surface area (Å²) in [5, 5.41) is 7.64. The van der Waals surface area contributed by atoms with Crippen molar-refractivity contribution in [2.24, 2.45) is 7.05 Å². The molecule has 1 atom stereocenters. The average Bonchev–Trinajstić information content (AvgIpc) is 3.01. The first-order valence-corrected chi connectivity index (χ1v) is 7.90. The van der Waals surface area contributed by atoms with E-state index in [0.717, 1.165) is 44.7 Å². The molecule has 22 heavy (non-hydrogen) atoms. The molecule has 1 unspecified atom stereocenters. The SMILES string of the molecule is Cn1cnc(CCNCC2CCCN2C(=O)OC(C)(C)C)n1. The summed E-state index contributed by atoms with van der Waals surface area (Å²) in [5.74, 6) is 0.838. The van der Waals surface area contributed by atoms with Crippen LogP contribution in [0.25, 0.3) is 0 Å². The standard InChI is InChI=1S/C15H27N5O2/c1-15(2,3)22-14(21)20-9-5-6-12(20)10-16-8-7-13-17-11-19(4)18-13/h11-12,16H,5-10H2,1-4H3. The van der Waals surface area contributed by atoms with Crippen molar-refractivity contribution in [1.29, 1.82) is 0 Å². The van der Waals surface area contributed by atoms with Crippen molar-refractivity contribution >= 4 is 6.09 Å². The van der Waals surface area contributed by atoms with Crippen molar-refractivity contribution in [3.8, 4) is 0 Å². The topological polar surface area (TPSA) is 72.3 Å². The maximum atomic E-state index is 12.2. The molecular formula is C15H27N5O2. The van der Waals surface area contributed by atoms with Crippen LogP contribution in [0, 0.1) is 0 Å². The van der Waals surface area contributed by atoms with E-state index in [9.17, 15) is 4.79 Å². The minimum Gasteiger partial charge on any atom is -0.444 e. The molecule has 1 N–H and O–H groups in total. The normalized spacial score (nSPS) is 18.7. The third-order valence-electron chi connectivity index (χ3n) is 3.56. The van der Waals surface area contributed by atoms with E-state index in [1.807, 2.05) is 32.7 Å². The van der Waals surface area contributed by atoms with E-state index in [4.69, 9.17) is 4.74 Å². The Labute approximate surface area is 132 Å². The molecule has 0 aliphatic carbocycles. The molecule has 1 aliphatic heterocycles. The van der Waals surface area contributed by atoms with E-state index in [1.165, 1.54) is 0 Å². The third-order valence-corrected chi connectivity index (χ3v) is 3.56. The average molecular weight is 309 g/mol. The number of aromatic nitrogens is 3. The lowest BCUT2D eigenvalue weighted by molar-refractivity contribution is 0.0227. The summed E-state index contributed by atoms with van der Waals surface area (Å²) in [4.78, 5) is 18.2. The van der Waals surface area contributed by atoms with Gasteiger partial charge in [0.25, 0.3) is 0 Å². The van der Waals surface area contributed by atoms with Crippen LogP contribution in [0.4, 0.5) is 4.79 Å². The Morgan fingerprint density at radius 2 is 2.27 bits per heavy atom. The lowest BCUT2D eigenvalue weighted by atomic mass is 10.2.